The van der Waals surface area contributed by atoms with E-state index in [9.17, 15) is 9.90 Å². The Morgan fingerprint density at radius 2 is 1.83 bits per heavy atom. The van der Waals surface area contributed by atoms with Crippen LogP contribution in [0.4, 0.5) is 0 Å². The van der Waals surface area contributed by atoms with E-state index in [0.29, 0.717) is 18.4 Å². The fraction of sp³-hybridized carbons (Fsp3) is 0.722. The minimum atomic E-state index is -0.183. The molecule has 4 aliphatic carbocycles. The van der Waals surface area contributed by atoms with E-state index in [-0.39, 0.29) is 40.5 Å². The standard InChI is InChI=1S/C36H52N2O4/c1-33(2)24-36(19-21-41-33,25-8-6-5-7-9-25)18-20-37-32(40)23-42-38-27-14-16-34(3)26(22-27)10-11-28-29-12-13-31(39)35(29,4)17-15-30(28)34/h5-9,22,28-31,39H,10-21,23-24H2,1-4H3,(H,37,40)/b38-27-/t28-,29-,30-,31-,34-,35-,36-/m0/s1. The average Bonchev–Trinajstić information content (AvgIpc) is 3.27. The summed E-state index contributed by atoms with van der Waals surface area (Å²) >= 11 is 0. The largest absolute Gasteiger partial charge is 0.393 e. The van der Waals surface area contributed by atoms with Crippen LogP contribution in [0, 0.1) is 28.6 Å². The van der Waals surface area contributed by atoms with Crippen molar-refractivity contribution in [2.75, 3.05) is 19.8 Å². The van der Waals surface area contributed by atoms with Crippen molar-refractivity contribution in [1.82, 2.24) is 5.32 Å². The lowest BCUT2D eigenvalue weighted by Crippen LogP contribution is -2.51. The maximum atomic E-state index is 12.7. The number of amides is 1. The molecule has 4 fully saturated rings. The summed E-state index contributed by atoms with van der Waals surface area (Å²) < 4.78 is 6.03. The number of nitrogens with zero attached hydrogens (tertiary/aromatic N) is 1. The molecule has 0 aromatic heterocycles. The molecule has 1 aromatic carbocycles. The highest BCUT2D eigenvalue weighted by atomic mass is 16.6. The lowest BCUT2D eigenvalue weighted by atomic mass is 9.47. The third kappa shape index (κ3) is 5.47. The third-order valence-electron chi connectivity index (χ3n) is 12.5. The summed E-state index contributed by atoms with van der Waals surface area (Å²) in [5, 5.41) is 18.3. The van der Waals surface area contributed by atoms with Crippen molar-refractivity contribution in [2.45, 2.75) is 115 Å². The molecular weight excluding hydrogens is 524 g/mol. The summed E-state index contributed by atoms with van der Waals surface area (Å²) in [5.41, 5.74) is 3.98. The van der Waals surface area contributed by atoms with Crippen molar-refractivity contribution in [3.63, 3.8) is 0 Å². The lowest BCUT2D eigenvalue weighted by molar-refractivity contribution is -0.125. The monoisotopic (exact) mass is 576 g/mol. The number of rotatable bonds is 7. The van der Waals surface area contributed by atoms with Gasteiger partial charge in [-0.15, -0.1) is 0 Å². The SMILES string of the molecule is CC1(C)C[C@@](CCNC(=O)CO/N=C2\C=C3CC[C@H]4[C@@H]5CC[C@H](O)[C@@]5(C)CC[C@@H]4[C@@]3(C)CC2)(c2ccccc2)CCO1. The summed E-state index contributed by atoms with van der Waals surface area (Å²) in [6.07, 6.45) is 13.8. The minimum Gasteiger partial charge on any atom is -0.393 e. The molecule has 6 rings (SSSR count). The quantitative estimate of drug-likeness (QED) is 0.353. The minimum absolute atomic E-state index is 0.00810. The number of fused-ring (bicyclic) bond motifs is 5. The van der Waals surface area contributed by atoms with E-state index in [1.807, 2.05) is 0 Å². The van der Waals surface area contributed by atoms with Gasteiger partial charge in [0.25, 0.3) is 5.91 Å². The molecule has 0 bridgehead atoms. The first-order valence-electron chi connectivity index (χ1n) is 16.6. The first kappa shape index (κ1) is 29.9. The highest BCUT2D eigenvalue weighted by Crippen LogP contribution is 2.65. The molecule has 6 nitrogen and oxygen atoms in total. The second-order valence-corrected chi connectivity index (χ2v) is 15.3. The van der Waals surface area contributed by atoms with Crippen molar-refractivity contribution >= 4 is 11.6 Å². The molecule has 1 heterocycles. The van der Waals surface area contributed by atoms with Crippen molar-refractivity contribution in [2.24, 2.45) is 33.7 Å². The fourth-order valence-corrected chi connectivity index (χ4v) is 10.2. The maximum absolute atomic E-state index is 12.7. The second kappa shape index (κ2) is 11.4. The van der Waals surface area contributed by atoms with Gasteiger partial charge in [-0.2, -0.15) is 0 Å². The van der Waals surface area contributed by atoms with Gasteiger partial charge in [-0.1, -0.05) is 54.9 Å². The number of aliphatic hydroxyl groups excluding tert-OH is 1. The van der Waals surface area contributed by atoms with E-state index < -0.39 is 0 Å². The Balaban J connectivity index is 1.02. The van der Waals surface area contributed by atoms with Crippen LogP contribution in [0.5, 0.6) is 0 Å². The van der Waals surface area contributed by atoms with Crippen LogP contribution in [0.15, 0.2) is 47.1 Å². The second-order valence-electron chi connectivity index (χ2n) is 15.3. The molecule has 0 unspecified atom stereocenters. The van der Waals surface area contributed by atoms with Crippen LogP contribution in [0.1, 0.15) is 104 Å². The zero-order chi connectivity index (χ0) is 29.6. The predicted octanol–water partition coefficient (Wildman–Crippen LogP) is 6.72. The van der Waals surface area contributed by atoms with Gasteiger partial charge < -0.3 is 20.0 Å². The van der Waals surface area contributed by atoms with Gasteiger partial charge in [0, 0.05) is 18.6 Å². The number of benzene rings is 1. The van der Waals surface area contributed by atoms with Crippen LogP contribution in [0.2, 0.25) is 0 Å². The summed E-state index contributed by atoms with van der Waals surface area (Å²) in [7, 11) is 0. The van der Waals surface area contributed by atoms with E-state index in [0.717, 1.165) is 69.6 Å². The van der Waals surface area contributed by atoms with E-state index >= 15 is 0 Å². The molecular formula is C36H52N2O4. The number of carbonyl (C=O) groups is 1. The number of carbonyl (C=O) groups excluding carboxylic acids is 1. The zero-order valence-electron chi connectivity index (χ0n) is 26.3. The van der Waals surface area contributed by atoms with Gasteiger partial charge in [0.05, 0.1) is 17.4 Å². The molecule has 1 amide bonds. The van der Waals surface area contributed by atoms with Gasteiger partial charge in [-0.3, -0.25) is 4.79 Å². The molecule has 2 N–H and O–H groups in total. The molecule has 42 heavy (non-hydrogen) atoms. The number of ether oxygens (including phenoxy) is 1. The van der Waals surface area contributed by atoms with E-state index in [2.05, 4.69) is 74.6 Å². The van der Waals surface area contributed by atoms with Gasteiger partial charge in [-0.05, 0) is 125 Å². The molecule has 7 atom stereocenters. The highest BCUT2D eigenvalue weighted by Gasteiger charge is 2.58. The Hall–Kier alpha value is -2.18. The van der Waals surface area contributed by atoms with E-state index in [1.54, 1.807) is 0 Å². The molecule has 1 saturated heterocycles. The molecule has 5 aliphatic rings. The molecule has 0 radical (unpaired) electrons. The lowest BCUT2D eigenvalue weighted by Gasteiger charge is -2.57. The Morgan fingerprint density at radius 3 is 2.62 bits per heavy atom. The summed E-state index contributed by atoms with van der Waals surface area (Å²) in [5.74, 6) is 1.98. The summed E-state index contributed by atoms with van der Waals surface area (Å²) in [6, 6.07) is 10.7. The van der Waals surface area contributed by atoms with Crippen LogP contribution in [0.25, 0.3) is 0 Å². The molecule has 1 aromatic rings. The molecule has 6 heteroatoms. The van der Waals surface area contributed by atoms with Gasteiger partial charge >= 0.3 is 0 Å². The number of aliphatic hydroxyl groups is 1. The average molecular weight is 577 g/mol. The number of hydrogen-bond donors (Lipinski definition) is 2. The maximum Gasteiger partial charge on any atom is 0.260 e. The first-order chi connectivity index (χ1) is 20.0. The summed E-state index contributed by atoms with van der Waals surface area (Å²) in [6.45, 7) is 10.4. The Morgan fingerprint density at radius 1 is 1.02 bits per heavy atom. The van der Waals surface area contributed by atoms with E-state index in [1.165, 1.54) is 30.4 Å². The highest BCUT2D eigenvalue weighted by molar-refractivity contribution is 5.96. The molecule has 0 spiro atoms. The van der Waals surface area contributed by atoms with Gasteiger partial charge in [-0.25, -0.2) is 0 Å². The van der Waals surface area contributed by atoms with Crippen molar-refractivity contribution in [1.29, 1.82) is 0 Å². The van der Waals surface area contributed by atoms with Crippen molar-refractivity contribution in [3.05, 3.63) is 47.5 Å². The molecule has 230 valence electrons. The predicted molar refractivity (Wildman–Crippen MR) is 166 cm³/mol. The van der Waals surface area contributed by atoms with E-state index in [4.69, 9.17) is 9.57 Å². The van der Waals surface area contributed by atoms with Gasteiger partial charge in [0.15, 0.2) is 6.61 Å². The van der Waals surface area contributed by atoms with Gasteiger partial charge in [0.1, 0.15) is 0 Å². The van der Waals surface area contributed by atoms with Crippen LogP contribution >= 0.6 is 0 Å². The first-order valence-corrected chi connectivity index (χ1v) is 16.6. The topological polar surface area (TPSA) is 80.2 Å². The summed E-state index contributed by atoms with van der Waals surface area (Å²) in [4.78, 5) is 18.3. The Bertz CT molecular complexity index is 1210. The van der Waals surface area contributed by atoms with Crippen molar-refractivity contribution < 1.29 is 19.5 Å². The molecule has 1 aliphatic heterocycles. The van der Waals surface area contributed by atoms with Crippen LogP contribution in [-0.4, -0.2) is 48.2 Å². The zero-order valence-corrected chi connectivity index (χ0v) is 26.3. The Labute approximate surface area is 252 Å². The fourth-order valence-electron chi connectivity index (χ4n) is 10.2. The number of nitrogens with one attached hydrogen (secondary N) is 1. The smallest absolute Gasteiger partial charge is 0.260 e. The van der Waals surface area contributed by atoms with Crippen LogP contribution in [0.3, 0.4) is 0 Å². The number of hydrogen-bond acceptors (Lipinski definition) is 5. The Kier molecular flexibility index (Phi) is 8.10. The number of allylic oxidation sites excluding steroid dienone is 2. The molecule has 3 saturated carbocycles. The van der Waals surface area contributed by atoms with Gasteiger partial charge in [0.2, 0.25) is 0 Å². The van der Waals surface area contributed by atoms with Crippen LogP contribution in [-0.2, 0) is 19.8 Å². The van der Waals surface area contributed by atoms with Crippen molar-refractivity contribution in [3.8, 4) is 0 Å². The van der Waals surface area contributed by atoms with Crippen LogP contribution < -0.4 is 5.32 Å². The normalized spacial score (nSPS) is 39.9. The third-order valence-corrected chi connectivity index (χ3v) is 12.5. The number of oxime groups is 1.